The van der Waals surface area contributed by atoms with Gasteiger partial charge in [0.05, 0.1) is 4.47 Å². The normalized spacial score (nSPS) is 10.6. The number of carbonyl (C=O) groups is 1. The molecule has 0 amide bonds. The van der Waals surface area contributed by atoms with Crippen molar-refractivity contribution in [2.75, 3.05) is 0 Å². The second-order valence-electron chi connectivity index (χ2n) is 3.16. The zero-order chi connectivity index (χ0) is 10.9. The second kappa shape index (κ2) is 4.28. The summed E-state index contributed by atoms with van der Waals surface area (Å²) in [6.45, 7) is 3.81. The van der Waals surface area contributed by atoms with E-state index in [1.165, 1.54) is 0 Å². The molecule has 5 heteroatoms. The second-order valence-corrected chi connectivity index (χ2v) is 4.37. The Balaban J connectivity index is 3.39. The number of carboxylic acid groups (broad SMARTS) is 1. The lowest BCUT2D eigenvalue weighted by atomic mass is 10.0. The molecule has 0 aliphatic rings. The quantitative estimate of drug-likeness (QED) is 0.844. The molecule has 1 heterocycles. The molecule has 0 unspecified atom stereocenters. The standard InChI is InChI=1S/C9H9BrClNO2/c1-4(2)5-3-6(10)8(11)12-7(5)9(13)14/h3-4H,1-2H3,(H,13,14). The van der Waals surface area contributed by atoms with Gasteiger partial charge in [-0.25, -0.2) is 9.78 Å². The molecule has 14 heavy (non-hydrogen) atoms. The Hall–Kier alpha value is -0.610. The SMILES string of the molecule is CC(C)c1cc(Br)c(Cl)nc1C(=O)O. The van der Waals surface area contributed by atoms with Gasteiger partial charge >= 0.3 is 5.97 Å². The van der Waals surface area contributed by atoms with Crippen LogP contribution in [0.3, 0.4) is 0 Å². The van der Waals surface area contributed by atoms with Crippen molar-refractivity contribution >= 4 is 33.5 Å². The number of aromatic nitrogens is 1. The van der Waals surface area contributed by atoms with Crippen LogP contribution in [0.5, 0.6) is 0 Å². The van der Waals surface area contributed by atoms with Crippen molar-refractivity contribution in [3.8, 4) is 0 Å². The van der Waals surface area contributed by atoms with Crippen LogP contribution in [0.1, 0.15) is 35.8 Å². The molecule has 1 rings (SSSR count). The Kier molecular flexibility index (Phi) is 3.50. The summed E-state index contributed by atoms with van der Waals surface area (Å²) in [4.78, 5) is 14.7. The van der Waals surface area contributed by atoms with Crippen LogP contribution in [-0.4, -0.2) is 16.1 Å². The summed E-state index contributed by atoms with van der Waals surface area (Å²) in [5.74, 6) is -0.953. The molecule has 1 N–H and O–H groups in total. The van der Waals surface area contributed by atoms with Gasteiger partial charge in [-0.1, -0.05) is 25.4 Å². The molecule has 0 atom stereocenters. The van der Waals surface area contributed by atoms with Crippen LogP contribution in [0.15, 0.2) is 10.5 Å². The van der Waals surface area contributed by atoms with Gasteiger partial charge in [0, 0.05) is 0 Å². The van der Waals surface area contributed by atoms with E-state index in [9.17, 15) is 4.79 Å². The number of carboxylic acids is 1. The minimum atomic E-state index is -1.05. The number of halogens is 2. The number of pyridine rings is 1. The summed E-state index contributed by atoms with van der Waals surface area (Å²) in [6, 6.07) is 1.70. The third-order valence-corrected chi connectivity index (χ3v) is 2.91. The lowest BCUT2D eigenvalue weighted by Gasteiger charge is -2.09. The van der Waals surface area contributed by atoms with Crippen molar-refractivity contribution in [3.05, 3.63) is 26.9 Å². The van der Waals surface area contributed by atoms with E-state index < -0.39 is 5.97 Å². The van der Waals surface area contributed by atoms with Crippen molar-refractivity contribution < 1.29 is 9.90 Å². The molecule has 0 saturated carbocycles. The van der Waals surface area contributed by atoms with E-state index in [1.54, 1.807) is 6.07 Å². The Bertz CT molecular complexity index is 379. The number of hydrogen-bond donors (Lipinski definition) is 1. The van der Waals surface area contributed by atoms with Gasteiger partial charge in [0.1, 0.15) is 5.15 Å². The highest BCUT2D eigenvalue weighted by atomic mass is 79.9. The fourth-order valence-corrected chi connectivity index (χ4v) is 1.57. The van der Waals surface area contributed by atoms with Crippen LogP contribution in [0, 0.1) is 0 Å². The van der Waals surface area contributed by atoms with E-state index in [-0.39, 0.29) is 16.8 Å². The number of rotatable bonds is 2. The largest absolute Gasteiger partial charge is 0.477 e. The summed E-state index contributed by atoms with van der Waals surface area (Å²) < 4.78 is 0.618. The third-order valence-electron chi connectivity index (χ3n) is 1.79. The van der Waals surface area contributed by atoms with Crippen LogP contribution >= 0.6 is 27.5 Å². The molecular formula is C9H9BrClNO2. The van der Waals surface area contributed by atoms with Gasteiger partial charge in [0.15, 0.2) is 5.69 Å². The first-order valence-electron chi connectivity index (χ1n) is 4.02. The van der Waals surface area contributed by atoms with Crippen molar-refractivity contribution in [2.45, 2.75) is 19.8 Å². The zero-order valence-corrected chi connectivity index (χ0v) is 10.1. The van der Waals surface area contributed by atoms with E-state index in [1.807, 2.05) is 13.8 Å². The highest BCUT2D eigenvalue weighted by Gasteiger charge is 2.17. The third kappa shape index (κ3) is 2.25. The summed E-state index contributed by atoms with van der Waals surface area (Å²) in [6.07, 6.45) is 0. The Labute approximate surface area is 95.2 Å². The van der Waals surface area contributed by atoms with Crippen LogP contribution in [0.25, 0.3) is 0 Å². The van der Waals surface area contributed by atoms with Gasteiger partial charge in [-0.2, -0.15) is 0 Å². The molecule has 1 aromatic heterocycles. The monoisotopic (exact) mass is 277 g/mol. The first-order valence-corrected chi connectivity index (χ1v) is 5.19. The molecule has 0 saturated heterocycles. The van der Waals surface area contributed by atoms with E-state index >= 15 is 0 Å². The lowest BCUT2D eigenvalue weighted by molar-refractivity contribution is 0.0688. The maximum Gasteiger partial charge on any atom is 0.354 e. The molecule has 0 fully saturated rings. The van der Waals surface area contributed by atoms with Gasteiger partial charge in [-0.3, -0.25) is 0 Å². The molecule has 1 aromatic rings. The number of hydrogen-bond acceptors (Lipinski definition) is 2. The highest BCUT2D eigenvalue weighted by molar-refractivity contribution is 9.10. The van der Waals surface area contributed by atoms with E-state index in [0.717, 1.165) is 0 Å². The summed E-state index contributed by atoms with van der Waals surface area (Å²) in [7, 11) is 0. The van der Waals surface area contributed by atoms with Crippen LogP contribution in [-0.2, 0) is 0 Å². The molecule has 0 bridgehead atoms. The fraction of sp³-hybridized carbons (Fsp3) is 0.333. The maximum absolute atomic E-state index is 10.9. The molecule has 0 radical (unpaired) electrons. The molecule has 76 valence electrons. The minimum Gasteiger partial charge on any atom is -0.477 e. The Morgan fingerprint density at radius 1 is 1.64 bits per heavy atom. The summed E-state index contributed by atoms with van der Waals surface area (Å²) in [5, 5.41) is 9.07. The van der Waals surface area contributed by atoms with Crippen LogP contribution < -0.4 is 0 Å². The molecule has 0 aliphatic heterocycles. The van der Waals surface area contributed by atoms with E-state index in [4.69, 9.17) is 16.7 Å². The summed E-state index contributed by atoms with van der Waals surface area (Å²) >= 11 is 8.92. The topological polar surface area (TPSA) is 50.2 Å². The maximum atomic E-state index is 10.9. The first kappa shape index (κ1) is 11.5. The predicted molar refractivity (Wildman–Crippen MR) is 58.0 cm³/mol. The van der Waals surface area contributed by atoms with Gasteiger partial charge in [-0.05, 0) is 33.5 Å². The van der Waals surface area contributed by atoms with Gasteiger partial charge in [0.2, 0.25) is 0 Å². The minimum absolute atomic E-state index is 0.0215. The molecule has 0 spiro atoms. The average Bonchev–Trinajstić information content (AvgIpc) is 2.08. The van der Waals surface area contributed by atoms with Crippen molar-refractivity contribution in [1.29, 1.82) is 0 Å². The van der Waals surface area contributed by atoms with E-state index in [2.05, 4.69) is 20.9 Å². The number of aromatic carboxylic acids is 1. The molecule has 3 nitrogen and oxygen atoms in total. The van der Waals surface area contributed by atoms with Gasteiger partial charge in [0.25, 0.3) is 0 Å². The highest BCUT2D eigenvalue weighted by Crippen LogP contribution is 2.27. The van der Waals surface area contributed by atoms with Gasteiger partial charge in [-0.15, -0.1) is 0 Å². The van der Waals surface area contributed by atoms with Crippen molar-refractivity contribution in [1.82, 2.24) is 4.98 Å². The van der Waals surface area contributed by atoms with Crippen LogP contribution in [0.4, 0.5) is 0 Å². The zero-order valence-electron chi connectivity index (χ0n) is 7.71. The summed E-state index contributed by atoms with van der Waals surface area (Å²) in [5.41, 5.74) is 0.696. The Morgan fingerprint density at radius 3 is 2.64 bits per heavy atom. The Morgan fingerprint density at radius 2 is 2.21 bits per heavy atom. The molecule has 0 aromatic carbocycles. The molecule has 0 aliphatic carbocycles. The van der Waals surface area contributed by atoms with E-state index in [0.29, 0.717) is 10.0 Å². The predicted octanol–water partition coefficient (Wildman–Crippen LogP) is 3.32. The lowest BCUT2D eigenvalue weighted by Crippen LogP contribution is -2.07. The smallest absolute Gasteiger partial charge is 0.354 e. The fourth-order valence-electron chi connectivity index (χ4n) is 1.09. The van der Waals surface area contributed by atoms with Crippen molar-refractivity contribution in [3.63, 3.8) is 0 Å². The van der Waals surface area contributed by atoms with Crippen molar-refractivity contribution in [2.24, 2.45) is 0 Å². The first-order chi connectivity index (χ1) is 6.43. The molecular weight excluding hydrogens is 269 g/mol. The van der Waals surface area contributed by atoms with Gasteiger partial charge < -0.3 is 5.11 Å². The van der Waals surface area contributed by atoms with Crippen LogP contribution in [0.2, 0.25) is 5.15 Å². The average molecular weight is 279 g/mol. The number of nitrogens with zero attached hydrogens (tertiary/aromatic N) is 1.